The first kappa shape index (κ1) is 17.6. The first-order chi connectivity index (χ1) is 13.2. The van der Waals surface area contributed by atoms with Gasteiger partial charge in [-0.3, -0.25) is 14.2 Å². The fourth-order valence-electron chi connectivity index (χ4n) is 2.95. The highest BCUT2D eigenvalue weighted by atomic mass is 32.1. The van der Waals surface area contributed by atoms with E-state index in [-0.39, 0.29) is 24.4 Å². The number of rotatable bonds is 5. The lowest BCUT2D eigenvalue weighted by atomic mass is 10.3. The second-order valence-electron chi connectivity index (χ2n) is 6.18. The van der Waals surface area contributed by atoms with E-state index in [1.807, 2.05) is 11.4 Å². The van der Waals surface area contributed by atoms with Gasteiger partial charge in [0.2, 0.25) is 5.91 Å². The summed E-state index contributed by atoms with van der Waals surface area (Å²) in [4.78, 5) is 36.0. The van der Waals surface area contributed by atoms with Crippen molar-refractivity contribution in [3.8, 4) is 0 Å². The Balaban J connectivity index is 1.34. The SMILES string of the molecule is O=C(CCn1cnc2sccc2c1=O)Nc1ccc(N2CCOCC2)cn1. The van der Waals surface area contributed by atoms with Gasteiger partial charge in [-0.25, -0.2) is 9.97 Å². The van der Waals surface area contributed by atoms with E-state index >= 15 is 0 Å². The molecule has 4 rings (SSSR count). The summed E-state index contributed by atoms with van der Waals surface area (Å²) in [6, 6.07) is 5.48. The lowest BCUT2D eigenvalue weighted by molar-refractivity contribution is -0.116. The van der Waals surface area contributed by atoms with Crippen molar-refractivity contribution < 1.29 is 9.53 Å². The fourth-order valence-corrected chi connectivity index (χ4v) is 3.67. The summed E-state index contributed by atoms with van der Waals surface area (Å²) in [5.74, 6) is 0.301. The van der Waals surface area contributed by atoms with Crippen molar-refractivity contribution in [2.24, 2.45) is 0 Å². The van der Waals surface area contributed by atoms with Crippen LogP contribution in [0.4, 0.5) is 11.5 Å². The molecule has 0 aliphatic carbocycles. The molecule has 4 heterocycles. The molecule has 1 saturated heterocycles. The molecule has 1 fully saturated rings. The number of aromatic nitrogens is 3. The van der Waals surface area contributed by atoms with E-state index in [9.17, 15) is 9.59 Å². The molecule has 0 aromatic carbocycles. The minimum atomic E-state index is -0.195. The molecule has 3 aromatic rings. The van der Waals surface area contributed by atoms with Crippen LogP contribution in [0.2, 0.25) is 0 Å². The van der Waals surface area contributed by atoms with E-state index < -0.39 is 0 Å². The number of pyridine rings is 1. The fraction of sp³-hybridized carbons (Fsp3) is 0.333. The molecule has 140 valence electrons. The van der Waals surface area contributed by atoms with Gasteiger partial charge in [0.05, 0.1) is 36.8 Å². The van der Waals surface area contributed by atoms with Gasteiger partial charge in [0.25, 0.3) is 5.56 Å². The molecule has 0 spiro atoms. The first-order valence-corrected chi connectivity index (χ1v) is 9.60. The van der Waals surface area contributed by atoms with Crippen molar-refractivity contribution in [1.82, 2.24) is 14.5 Å². The Labute approximate surface area is 159 Å². The van der Waals surface area contributed by atoms with Crippen LogP contribution in [0.5, 0.6) is 0 Å². The summed E-state index contributed by atoms with van der Waals surface area (Å²) in [5, 5.41) is 5.19. The van der Waals surface area contributed by atoms with Crippen molar-refractivity contribution in [2.75, 3.05) is 36.5 Å². The van der Waals surface area contributed by atoms with Crippen LogP contribution in [0, 0.1) is 0 Å². The highest BCUT2D eigenvalue weighted by molar-refractivity contribution is 7.16. The minimum Gasteiger partial charge on any atom is -0.378 e. The van der Waals surface area contributed by atoms with Crippen molar-refractivity contribution >= 4 is 39.0 Å². The predicted molar refractivity (Wildman–Crippen MR) is 104 cm³/mol. The van der Waals surface area contributed by atoms with Crippen molar-refractivity contribution in [2.45, 2.75) is 13.0 Å². The van der Waals surface area contributed by atoms with Gasteiger partial charge in [-0.05, 0) is 23.6 Å². The normalized spacial score (nSPS) is 14.4. The van der Waals surface area contributed by atoms with Gasteiger partial charge in [-0.15, -0.1) is 11.3 Å². The molecule has 0 bridgehead atoms. The van der Waals surface area contributed by atoms with Crippen LogP contribution in [0.15, 0.2) is 40.9 Å². The molecular formula is C18H19N5O3S. The number of nitrogens with zero attached hydrogens (tertiary/aromatic N) is 4. The van der Waals surface area contributed by atoms with Gasteiger partial charge in [0.1, 0.15) is 10.6 Å². The number of anilines is 2. The van der Waals surface area contributed by atoms with E-state index in [0.29, 0.717) is 29.2 Å². The predicted octanol–water partition coefficient (Wildman–Crippen LogP) is 1.72. The maximum Gasteiger partial charge on any atom is 0.262 e. The molecule has 27 heavy (non-hydrogen) atoms. The molecular weight excluding hydrogens is 366 g/mol. The van der Waals surface area contributed by atoms with Gasteiger partial charge in [0.15, 0.2) is 0 Å². The number of thiophene rings is 1. The van der Waals surface area contributed by atoms with Gasteiger partial charge >= 0.3 is 0 Å². The number of carbonyl (C=O) groups excluding carboxylic acids is 1. The Hall–Kier alpha value is -2.78. The van der Waals surface area contributed by atoms with E-state index in [4.69, 9.17) is 4.74 Å². The quantitative estimate of drug-likeness (QED) is 0.719. The third-order valence-corrected chi connectivity index (χ3v) is 5.24. The largest absolute Gasteiger partial charge is 0.378 e. The third-order valence-electron chi connectivity index (χ3n) is 4.42. The van der Waals surface area contributed by atoms with Crippen LogP contribution >= 0.6 is 11.3 Å². The van der Waals surface area contributed by atoms with E-state index in [0.717, 1.165) is 18.8 Å². The highest BCUT2D eigenvalue weighted by Crippen LogP contribution is 2.17. The van der Waals surface area contributed by atoms with Crippen molar-refractivity contribution in [3.05, 3.63) is 46.5 Å². The molecule has 0 atom stereocenters. The Morgan fingerprint density at radius 2 is 2.07 bits per heavy atom. The number of morpholine rings is 1. The zero-order valence-corrected chi connectivity index (χ0v) is 15.4. The van der Waals surface area contributed by atoms with Gasteiger partial charge < -0.3 is 15.0 Å². The van der Waals surface area contributed by atoms with Gasteiger partial charge in [-0.1, -0.05) is 0 Å². The number of amides is 1. The second kappa shape index (κ2) is 7.85. The topological polar surface area (TPSA) is 89.4 Å². The lowest BCUT2D eigenvalue weighted by Crippen LogP contribution is -2.36. The molecule has 1 aliphatic rings. The van der Waals surface area contributed by atoms with Crippen LogP contribution in [0.3, 0.4) is 0 Å². The standard InChI is InChI=1S/C18H19N5O3S/c24-16(3-5-23-12-20-17-14(18(23)25)4-10-27-17)21-15-2-1-13(11-19-15)22-6-8-26-9-7-22/h1-2,4,10-12H,3,5-9H2,(H,19,21,24). The Bertz CT molecular complexity index is 992. The second-order valence-corrected chi connectivity index (χ2v) is 7.08. The van der Waals surface area contributed by atoms with Crippen LogP contribution in [-0.2, 0) is 16.1 Å². The Kier molecular flexibility index (Phi) is 5.12. The number of hydrogen-bond acceptors (Lipinski definition) is 7. The summed E-state index contributed by atoms with van der Waals surface area (Å²) in [6.07, 6.45) is 3.41. The minimum absolute atomic E-state index is 0.123. The maximum absolute atomic E-state index is 12.3. The zero-order chi connectivity index (χ0) is 18.6. The molecule has 0 unspecified atom stereocenters. The average molecular weight is 385 g/mol. The Morgan fingerprint density at radius 1 is 1.22 bits per heavy atom. The third kappa shape index (κ3) is 3.99. The smallest absolute Gasteiger partial charge is 0.262 e. The summed E-state index contributed by atoms with van der Waals surface area (Å²) < 4.78 is 6.80. The van der Waals surface area contributed by atoms with Crippen molar-refractivity contribution in [1.29, 1.82) is 0 Å². The number of carbonyl (C=O) groups is 1. The van der Waals surface area contributed by atoms with Gasteiger partial charge in [-0.2, -0.15) is 0 Å². The molecule has 0 radical (unpaired) electrons. The van der Waals surface area contributed by atoms with E-state index in [2.05, 4.69) is 20.2 Å². The monoisotopic (exact) mass is 385 g/mol. The molecule has 1 N–H and O–H groups in total. The summed E-state index contributed by atoms with van der Waals surface area (Å²) in [6.45, 7) is 3.37. The summed E-state index contributed by atoms with van der Waals surface area (Å²) in [5.41, 5.74) is 0.889. The number of ether oxygens (including phenoxy) is 1. The van der Waals surface area contributed by atoms with Gasteiger partial charge in [0, 0.05) is 26.1 Å². The number of hydrogen-bond donors (Lipinski definition) is 1. The van der Waals surface area contributed by atoms with E-state index in [1.54, 1.807) is 18.3 Å². The van der Waals surface area contributed by atoms with Crippen LogP contribution in [0.25, 0.3) is 10.2 Å². The van der Waals surface area contributed by atoms with Crippen LogP contribution in [-0.4, -0.2) is 46.7 Å². The molecule has 0 saturated carbocycles. The molecule has 9 heteroatoms. The highest BCUT2D eigenvalue weighted by Gasteiger charge is 2.12. The van der Waals surface area contributed by atoms with Crippen LogP contribution in [0.1, 0.15) is 6.42 Å². The number of fused-ring (bicyclic) bond motifs is 1. The van der Waals surface area contributed by atoms with E-state index in [1.165, 1.54) is 22.2 Å². The maximum atomic E-state index is 12.3. The van der Waals surface area contributed by atoms with Crippen molar-refractivity contribution in [3.63, 3.8) is 0 Å². The first-order valence-electron chi connectivity index (χ1n) is 8.72. The number of aryl methyl sites for hydroxylation is 1. The summed E-state index contributed by atoms with van der Waals surface area (Å²) >= 11 is 1.43. The molecule has 1 aliphatic heterocycles. The zero-order valence-electron chi connectivity index (χ0n) is 14.6. The molecule has 1 amide bonds. The number of nitrogens with one attached hydrogen (secondary N) is 1. The molecule has 3 aromatic heterocycles. The Morgan fingerprint density at radius 3 is 2.85 bits per heavy atom. The lowest BCUT2D eigenvalue weighted by Gasteiger charge is -2.28. The van der Waals surface area contributed by atoms with Crippen LogP contribution < -0.4 is 15.8 Å². The molecule has 8 nitrogen and oxygen atoms in total. The average Bonchev–Trinajstić information content (AvgIpc) is 3.18. The summed E-state index contributed by atoms with van der Waals surface area (Å²) in [7, 11) is 0.